The molecule has 3 N–H and O–H groups in total. The molecule has 0 bridgehead atoms. The van der Waals surface area contributed by atoms with Gasteiger partial charge in [0.05, 0.1) is 24.8 Å². The third-order valence-corrected chi connectivity index (χ3v) is 6.32. The summed E-state index contributed by atoms with van der Waals surface area (Å²) in [7, 11) is 0. The van der Waals surface area contributed by atoms with Gasteiger partial charge in [-0.2, -0.15) is 0 Å². The highest BCUT2D eigenvalue weighted by Gasteiger charge is 2.20. The van der Waals surface area contributed by atoms with Gasteiger partial charge < -0.3 is 20.1 Å². The molecule has 0 fully saturated rings. The standard InChI is InChI=1S/C30H33FN2O3/c1-4-12-36-29-11-8-22(21-7-5-6-20(13-21)19(2)3)15-27(29)30(35)33-25(18-34)14-23-17-32-28-10-9-24(31)16-26(23)28/h5-11,13,15-17,19,25,32,34H,4,12,14,18H2,1-3H3,(H,33,35). The number of benzene rings is 3. The van der Waals surface area contributed by atoms with Gasteiger partial charge in [0.1, 0.15) is 11.6 Å². The van der Waals surface area contributed by atoms with E-state index in [9.17, 15) is 14.3 Å². The largest absolute Gasteiger partial charge is 0.493 e. The molecule has 3 aromatic carbocycles. The molecule has 6 heteroatoms. The van der Waals surface area contributed by atoms with Gasteiger partial charge >= 0.3 is 0 Å². The molecule has 0 saturated carbocycles. The fourth-order valence-electron chi connectivity index (χ4n) is 4.31. The van der Waals surface area contributed by atoms with Crippen LogP contribution in [0.1, 0.15) is 54.6 Å². The Hall–Kier alpha value is -3.64. The fraction of sp³-hybridized carbons (Fsp3) is 0.300. The van der Waals surface area contributed by atoms with Crippen LogP contribution in [0.25, 0.3) is 22.0 Å². The summed E-state index contributed by atoms with van der Waals surface area (Å²) in [5.74, 6) is 0.240. The molecule has 1 amide bonds. The van der Waals surface area contributed by atoms with Crippen LogP contribution in [-0.4, -0.2) is 35.3 Å². The number of aromatic nitrogens is 1. The maximum atomic E-state index is 13.8. The van der Waals surface area contributed by atoms with E-state index in [1.54, 1.807) is 12.3 Å². The second-order valence-electron chi connectivity index (χ2n) is 9.40. The van der Waals surface area contributed by atoms with Crippen LogP contribution in [0.4, 0.5) is 4.39 Å². The normalized spacial score (nSPS) is 12.2. The number of carbonyl (C=O) groups is 1. The molecule has 0 aliphatic heterocycles. The first kappa shape index (κ1) is 25.5. The molecule has 5 nitrogen and oxygen atoms in total. The highest BCUT2D eigenvalue weighted by atomic mass is 19.1. The summed E-state index contributed by atoms with van der Waals surface area (Å²) in [6, 6.07) is 17.9. The van der Waals surface area contributed by atoms with Crippen LogP contribution in [0.15, 0.2) is 66.9 Å². The second kappa shape index (κ2) is 11.4. The average Bonchev–Trinajstić information content (AvgIpc) is 3.28. The molecule has 0 saturated heterocycles. The van der Waals surface area contributed by atoms with Crippen molar-refractivity contribution in [2.75, 3.05) is 13.2 Å². The van der Waals surface area contributed by atoms with E-state index in [4.69, 9.17) is 4.74 Å². The number of aliphatic hydroxyl groups excluding tert-OH is 1. The molecule has 188 valence electrons. The summed E-state index contributed by atoms with van der Waals surface area (Å²) >= 11 is 0. The van der Waals surface area contributed by atoms with Gasteiger partial charge in [-0.05, 0) is 71.3 Å². The van der Waals surface area contributed by atoms with Crippen LogP contribution in [0.3, 0.4) is 0 Å². The minimum atomic E-state index is -0.549. The van der Waals surface area contributed by atoms with Crippen LogP contribution in [0, 0.1) is 5.82 Å². The lowest BCUT2D eigenvalue weighted by Crippen LogP contribution is -2.39. The van der Waals surface area contributed by atoms with Gasteiger partial charge in [-0.1, -0.05) is 51.1 Å². The van der Waals surface area contributed by atoms with Gasteiger partial charge in [0.25, 0.3) is 5.91 Å². The molecule has 0 aliphatic carbocycles. The average molecular weight is 489 g/mol. The molecule has 0 radical (unpaired) electrons. The summed E-state index contributed by atoms with van der Waals surface area (Å²) < 4.78 is 19.7. The molecule has 4 rings (SSSR count). The van der Waals surface area contributed by atoms with Crippen LogP contribution in [-0.2, 0) is 6.42 Å². The van der Waals surface area contributed by atoms with E-state index < -0.39 is 6.04 Å². The maximum Gasteiger partial charge on any atom is 0.255 e. The minimum Gasteiger partial charge on any atom is -0.493 e. The van der Waals surface area contributed by atoms with Crippen LogP contribution in [0.5, 0.6) is 5.75 Å². The predicted molar refractivity (Wildman–Crippen MR) is 142 cm³/mol. The molecule has 1 unspecified atom stereocenters. The Morgan fingerprint density at radius 2 is 1.89 bits per heavy atom. The van der Waals surface area contributed by atoms with Crippen molar-refractivity contribution >= 4 is 16.8 Å². The lowest BCUT2D eigenvalue weighted by atomic mass is 9.96. The number of aliphatic hydroxyl groups is 1. The van der Waals surface area contributed by atoms with E-state index in [1.165, 1.54) is 17.7 Å². The van der Waals surface area contributed by atoms with Crippen LogP contribution >= 0.6 is 0 Å². The van der Waals surface area contributed by atoms with Crippen molar-refractivity contribution in [1.29, 1.82) is 0 Å². The number of carbonyl (C=O) groups excluding carboxylic acids is 1. The minimum absolute atomic E-state index is 0.255. The van der Waals surface area contributed by atoms with E-state index in [0.717, 1.165) is 34.0 Å². The van der Waals surface area contributed by atoms with Crippen molar-refractivity contribution in [3.05, 3.63) is 89.4 Å². The zero-order valence-electron chi connectivity index (χ0n) is 21.0. The van der Waals surface area contributed by atoms with Crippen molar-refractivity contribution in [2.24, 2.45) is 0 Å². The Bertz CT molecular complexity index is 1350. The van der Waals surface area contributed by atoms with E-state index >= 15 is 0 Å². The first-order valence-corrected chi connectivity index (χ1v) is 12.4. The zero-order valence-corrected chi connectivity index (χ0v) is 21.0. The predicted octanol–water partition coefficient (Wildman–Crippen LogP) is 6.22. The first-order valence-electron chi connectivity index (χ1n) is 12.4. The maximum absolute atomic E-state index is 13.8. The van der Waals surface area contributed by atoms with Gasteiger partial charge in [-0.15, -0.1) is 0 Å². The number of hydrogen-bond donors (Lipinski definition) is 3. The summed E-state index contributed by atoms with van der Waals surface area (Å²) in [6.45, 7) is 6.55. The van der Waals surface area contributed by atoms with E-state index in [2.05, 4.69) is 36.3 Å². The van der Waals surface area contributed by atoms with Crippen molar-refractivity contribution in [3.8, 4) is 16.9 Å². The molecular weight excluding hydrogens is 455 g/mol. The fourth-order valence-corrected chi connectivity index (χ4v) is 4.31. The lowest BCUT2D eigenvalue weighted by molar-refractivity contribution is 0.0912. The number of halogens is 1. The SMILES string of the molecule is CCCOc1ccc(-c2cccc(C(C)C)c2)cc1C(=O)NC(CO)Cc1c[nH]c2ccc(F)cc12. The number of nitrogens with one attached hydrogen (secondary N) is 2. The molecule has 4 aromatic rings. The smallest absolute Gasteiger partial charge is 0.255 e. The van der Waals surface area contributed by atoms with E-state index in [1.807, 2.05) is 37.3 Å². The monoisotopic (exact) mass is 488 g/mol. The van der Waals surface area contributed by atoms with Gasteiger partial charge in [0, 0.05) is 17.1 Å². The number of rotatable bonds is 10. The number of fused-ring (bicyclic) bond motifs is 1. The molecule has 1 atom stereocenters. The summed E-state index contributed by atoms with van der Waals surface area (Å²) in [5.41, 5.74) is 5.21. The Labute approximate surface area is 211 Å². The highest BCUT2D eigenvalue weighted by Crippen LogP contribution is 2.29. The molecule has 1 aromatic heterocycles. The zero-order chi connectivity index (χ0) is 25.7. The number of hydrogen-bond acceptors (Lipinski definition) is 3. The number of amides is 1. The van der Waals surface area contributed by atoms with Gasteiger partial charge in [-0.25, -0.2) is 4.39 Å². The van der Waals surface area contributed by atoms with E-state index in [0.29, 0.717) is 30.3 Å². The quantitative estimate of drug-likeness (QED) is 0.248. The third-order valence-electron chi connectivity index (χ3n) is 6.32. The third kappa shape index (κ3) is 5.77. The summed E-state index contributed by atoms with van der Waals surface area (Å²) in [6.07, 6.45) is 2.96. The number of aromatic amines is 1. The van der Waals surface area contributed by atoms with E-state index in [-0.39, 0.29) is 18.3 Å². The first-order chi connectivity index (χ1) is 17.4. The second-order valence-corrected chi connectivity index (χ2v) is 9.40. The molecular formula is C30H33FN2O3. The van der Waals surface area contributed by atoms with Crippen molar-refractivity contribution < 1.29 is 19.0 Å². The van der Waals surface area contributed by atoms with Gasteiger partial charge in [0.15, 0.2) is 0 Å². The van der Waals surface area contributed by atoms with Crippen molar-refractivity contribution in [3.63, 3.8) is 0 Å². The van der Waals surface area contributed by atoms with Crippen LogP contribution in [0.2, 0.25) is 0 Å². The summed E-state index contributed by atoms with van der Waals surface area (Å²) in [5, 5.41) is 13.7. The van der Waals surface area contributed by atoms with Crippen molar-refractivity contribution in [1.82, 2.24) is 10.3 Å². The molecule has 0 aliphatic rings. The van der Waals surface area contributed by atoms with Crippen LogP contribution < -0.4 is 10.1 Å². The topological polar surface area (TPSA) is 74.3 Å². The van der Waals surface area contributed by atoms with Gasteiger partial charge in [0.2, 0.25) is 0 Å². The highest BCUT2D eigenvalue weighted by molar-refractivity contribution is 5.98. The Balaban J connectivity index is 1.61. The number of H-pyrrole nitrogens is 1. The molecule has 36 heavy (non-hydrogen) atoms. The Kier molecular flexibility index (Phi) is 8.06. The summed E-state index contributed by atoms with van der Waals surface area (Å²) in [4.78, 5) is 16.6. The number of ether oxygens (including phenoxy) is 1. The Morgan fingerprint density at radius 3 is 2.64 bits per heavy atom. The lowest BCUT2D eigenvalue weighted by Gasteiger charge is -2.18. The Morgan fingerprint density at radius 1 is 1.08 bits per heavy atom. The van der Waals surface area contributed by atoms with Gasteiger partial charge in [-0.3, -0.25) is 4.79 Å². The molecule has 1 heterocycles. The van der Waals surface area contributed by atoms with Crippen molar-refractivity contribution in [2.45, 2.75) is 45.6 Å². The molecule has 0 spiro atoms.